The highest BCUT2D eigenvalue weighted by Gasteiger charge is 2.17. The van der Waals surface area contributed by atoms with E-state index in [2.05, 4.69) is 18.5 Å². The van der Waals surface area contributed by atoms with Crippen LogP contribution in [0.4, 0.5) is 4.39 Å². The first kappa shape index (κ1) is 14.9. The lowest BCUT2D eigenvalue weighted by Gasteiger charge is -2.27. The molecule has 23 heavy (non-hydrogen) atoms. The Morgan fingerprint density at radius 1 is 1.30 bits per heavy atom. The molecule has 3 rings (SSSR count). The minimum atomic E-state index is -0.291. The SMILES string of the molecule is C=C/C(=C(/NC)N1C=CC=CC1=C)c1cc2cc(F)ccc2o1. The summed E-state index contributed by atoms with van der Waals surface area (Å²) in [5.41, 5.74) is 2.22. The molecule has 116 valence electrons. The fourth-order valence-electron chi connectivity index (χ4n) is 2.54. The number of allylic oxidation sites excluding steroid dienone is 5. The van der Waals surface area contributed by atoms with Crippen molar-refractivity contribution in [2.45, 2.75) is 0 Å². The number of hydrogen-bond donors (Lipinski definition) is 1. The van der Waals surface area contributed by atoms with Crippen molar-refractivity contribution in [1.82, 2.24) is 10.2 Å². The molecule has 3 nitrogen and oxygen atoms in total. The first-order valence-electron chi connectivity index (χ1n) is 7.21. The third-order valence-electron chi connectivity index (χ3n) is 3.63. The summed E-state index contributed by atoms with van der Waals surface area (Å²) in [7, 11) is 1.82. The number of furan rings is 1. The van der Waals surface area contributed by atoms with Gasteiger partial charge in [-0.3, -0.25) is 0 Å². The molecule has 0 radical (unpaired) electrons. The van der Waals surface area contributed by atoms with E-state index in [1.54, 1.807) is 18.2 Å². The van der Waals surface area contributed by atoms with Crippen molar-refractivity contribution in [1.29, 1.82) is 0 Å². The highest BCUT2D eigenvalue weighted by atomic mass is 19.1. The first-order valence-corrected chi connectivity index (χ1v) is 7.21. The summed E-state index contributed by atoms with van der Waals surface area (Å²) in [6, 6.07) is 6.26. The summed E-state index contributed by atoms with van der Waals surface area (Å²) < 4.78 is 19.2. The Balaban J connectivity index is 2.14. The predicted molar refractivity (Wildman–Crippen MR) is 91.6 cm³/mol. The van der Waals surface area contributed by atoms with Gasteiger partial charge in [-0.05, 0) is 36.4 Å². The number of nitrogens with zero attached hydrogens (tertiary/aromatic N) is 1. The Kier molecular flexibility index (Phi) is 3.89. The first-order chi connectivity index (χ1) is 11.1. The highest BCUT2D eigenvalue weighted by molar-refractivity contribution is 5.84. The lowest BCUT2D eigenvalue weighted by molar-refractivity contribution is 0.540. The van der Waals surface area contributed by atoms with Crippen LogP contribution in [0.2, 0.25) is 0 Å². The molecule has 1 N–H and O–H groups in total. The molecule has 0 atom stereocenters. The fraction of sp³-hybridized carbons (Fsp3) is 0.0526. The molecule has 0 amide bonds. The van der Waals surface area contributed by atoms with Crippen molar-refractivity contribution < 1.29 is 8.81 Å². The molecule has 4 heteroatoms. The molecule has 2 aromatic rings. The van der Waals surface area contributed by atoms with E-state index in [4.69, 9.17) is 4.42 Å². The van der Waals surface area contributed by atoms with Gasteiger partial charge in [-0.15, -0.1) is 0 Å². The van der Waals surface area contributed by atoms with Crippen molar-refractivity contribution >= 4 is 16.5 Å². The zero-order valence-corrected chi connectivity index (χ0v) is 12.8. The average Bonchev–Trinajstić information content (AvgIpc) is 2.96. The van der Waals surface area contributed by atoms with Gasteiger partial charge in [-0.1, -0.05) is 25.3 Å². The molecule has 0 bridgehead atoms. The zero-order valence-electron chi connectivity index (χ0n) is 12.8. The van der Waals surface area contributed by atoms with Gasteiger partial charge in [0.25, 0.3) is 0 Å². The Labute approximate surface area is 134 Å². The van der Waals surface area contributed by atoms with Crippen LogP contribution in [0.25, 0.3) is 16.5 Å². The van der Waals surface area contributed by atoms with Crippen LogP contribution in [0.3, 0.4) is 0 Å². The van der Waals surface area contributed by atoms with Crippen LogP contribution in [0.1, 0.15) is 5.76 Å². The van der Waals surface area contributed by atoms with Crippen LogP contribution in [0.15, 0.2) is 83.9 Å². The van der Waals surface area contributed by atoms with Gasteiger partial charge in [0.05, 0.1) is 5.57 Å². The van der Waals surface area contributed by atoms with Crippen LogP contribution in [0, 0.1) is 5.82 Å². The van der Waals surface area contributed by atoms with Crippen molar-refractivity contribution in [3.8, 4) is 0 Å². The van der Waals surface area contributed by atoms with Crippen LogP contribution in [-0.2, 0) is 0 Å². The van der Waals surface area contributed by atoms with Crippen LogP contribution >= 0.6 is 0 Å². The van der Waals surface area contributed by atoms with Crippen molar-refractivity contribution in [2.24, 2.45) is 0 Å². The van der Waals surface area contributed by atoms with E-state index in [-0.39, 0.29) is 5.82 Å². The summed E-state index contributed by atoms with van der Waals surface area (Å²) in [6.45, 7) is 7.91. The molecule has 1 aliphatic heterocycles. The van der Waals surface area contributed by atoms with E-state index in [9.17, 15) is 4.39 Å². The van der Waals surface area contributed by atoms with Crippen LogP contribution < -0.4 is 5.32 Å². The minimum Gasteiger partial charge on any atom is -0.456 e. The standard InChI is InChI=1S/C19H17FN2O/c1-4-16(19(21-3)22-10-6-5-7-13(22)2)18-12-14-11-15(20)8-9-17(14)23-18/h4-12,21H,1-2H2,3H3/b19-16+. The van der Waals surface area contributed by atoms with Gasteiger partial charge in [0.15, 0.2) is 0 Å². The molecule has 1 aromatic carbocycles. The maximum atomic E-state index is 13.4. The number of hydrogen-bond acceptors (Lipinski definition) is 3. The quantitative estimate of drug-likeness (QED) is 0.840. The number of fused-ring (bicyclic) bond motifs is 1. The van der Waals surface area contributed by atoms with Gasteiger partial charge in [-0.25, -0.2) is 4.39 Å². The maximum Gasteiger partial charge on any atom is 0.139 e. The number of rotatable bonds is 4. The molecular formula is C19H17FN2O. The summed E-state index contributed by atoms with van der Waals surface area (Å²) in [5, 5.41) is 3.87. The van der Waals surface area contributed by atoms with Gasteiger partial charge < -0.3 is 14.6 Å². The molecule has 0 aliphatic carbocycles. The van der Waals surface area contributed by atoms with Crippen LogP contribution in [-0.4, -0.2) is 11.9 Å². The molecular weight excluding hydrogens is 291 g/mol. The van der Waals surface area contributed by atoms with Gasteiger partial charge in [0, 0.05) is 24.3 Å². The van der Waals surface area contributed by atoms with Crippen molar-refractivity contribution in [2.75, 3.05) is 7.05 Å². The summed E-state index contributed by atoms with van der Waals surface area (Å²) >= 11 is 0. The molecule has 0 unspecified atom stereocenters. The normalized spacial score (nSPS) is 15.0. The third kappa shape index (κ3) is 2.71. The second-order valence-corrected chi connectivity index (χ2v) is 5.07. The lowest BCUT2D eigenvalue weighted by atomic mass is 10.1. The largest absolute Gasteiger partial charge is 0.456 e. The van der Waals surface area contributed by atoms with Gasteiger partial charge in [-0.2, -0.15) is 0 Å². The molecule has 0 spiro atoms. The molecule has 0 fully saturated rings. The fourth-order valence-corrected chi connectivity index (χ4v) is 2.54. The Bertz CT molecular complexity index is 871. The van der Waals surface area contributed by atoms with Gasteiger partial charge >= 0.3 is 0 Å². The van der Waals surface area contributed by atoms with E-state index in [1.165, 1.54) is 12.1 Å². The second kappa shape index (κ2) is 6.01. The Morgan fingerprint density at radius 2 is 2.13 bits per heavy atom. The second-order valence-electron chi connectivity index (χ2n) is 5.07. The van der Waals surface area contributed by atoms with Crippen molar-refractivity contribution in [3.63, 3.8) is 0 Å². The lowest BCUT2D eigenvalue weighted by Crippen LogP contribution is -2.26. The van der Waals surface area contributed by atoms with E-state index < -0.39 is 0 Å². The third-order valence-corrected chi connectivity index (χ3v) is 3.63. The number of benzene rings is 1. The Morgan fingerprint density at radius 3 is 2.83 bits per heavy atom. The topological polar surface area (TPSA) is 28.4 Å². The predicted octanol–water partition coefficient (Wildman–Crippen LogP) is 4.55. The smallest absolute Gasteiger partial charge is 0.139 e. The summed E-state index contributed by atoms with van der Waals surface area (Å²) in [5.74, 6) is 1.10. The average molecular weight is 308 g/mol. The molecule has 0 saturated carbocycles. The number of halogens is 1. The van der Waals surface area contributed by atoms with Crippen molar-refractivity contribution in [3.05, 3.63) is 91.0 Å². The van der Waals surface area contributed by atoms with E-state index in [0.717, 1.165) is 17.1 Å². The van der Waals surface area contributed by atoms with E-state index in [1.807, 2.05) is 36.4 Å². The molecule has 1 aromatic heterocycles. The number of nitrogens with one attached hydrogen (secondary N) is 1. The minimum absolute atomic E-state index is 0.291. The van der Waals surface area contributed by atoms with Gasteiger partial charge in [0.1, 0.15) is 23.0 Å². The summed E-state index contributed by atoms with van der Waals surface area (Å²) in [6.07, 6.45) is 9.36. The molecule has 2 heterocycles. The van der Waals surface area contributed by atoms with E-state index >= 15 is 0 Å². The molecule has 1 aliphatic rings. The highest BCUT2D eigenvalue weighted by Crippen LogP contribution is 2.30. The van der Waals surface area contributed by atoms with E-state index in [0.29, 0.717) is 16.7 Å². The Hall–Kier alpha value is -3.01. The zero-order chi connectivity index (χ0) is 16.4. The van der Waals surface area contributed by atoms with Gasteiger partial charge in [0.2, 0.25) is 0 Å². The van der Waals surface area contributed by atoms with Crippen LogP contribution in [0.5, 0.6) is 0 Å². The summed E-state index contributed by atoms with van der Waals surface area (Å²) in [4.78, 5) is 1.91. The maximum absolute atomic E-state index is 13.4. The monoisotopic (exact) mass is 308 g/mol. The molecule has 0 saturated heterocycles.